The minimum atomic E-state index is -4.43. The van der Waals surface area contributed by atoms with Crippen molar-refractivity contribution in [3.05, 3.63) is 77.6 Å². The third-order valence-corrected chi connectivity index (χ3v) is 3.98. The third kappa shape index (κ3) is 4.85. The monoisotopic (exact) mass is 386 g/mol. The highest BCUT2D eigenvalue weighted by Crippen LogP contribution is 2.31. The van der Waals surface area contributed by atoms with Gasteiger partial charge in [0.2, 0.25) is 5.95 Å². The number of aromatic nitrogens is 2. The zero-order chi connectivity index (χ0) is 20.1. The van der Waals surface area contributed by atoms with Crippen molar-refractivity contribution in [2.75, 3.05) is 10.6 Å². The fraction of sp³-hybridized carbons (Fsp3) is 0.150. The first-order chi connectivity index (χ1) is 13.3. The van der Waals surface area contributed by atoms with Crippen LogP contribution in [0.1, 0.15) is 28.4 Å². The van der Waals surface area contributed by atoms with E-state index in [-0.39, 0.29) is 23.1 Å². The smallest absolute Gasteiger partial charge is 0.324 e. The molecule has 3 aromatic rings. The number of benzene rings is 2. The number of nitrogens with zero attached hydrogens (tertiary/aromatic N) is 2. The van der Waals surface area contributed by atoms with E-state index in [0.717, 1.165) is 24.1 Å². The van der Waals surface area contributed by atoms with Crippen LogP contribution in [0.15, 0.2) is 60.9 Å². The van der Waals surface area contributed by atoms with E-state index < -0.39 is 11.7 Å². The summed E-state index contributed by atoms with van der Waals surface area (Å²) in [4.78, 5) is 20.2. The molecular weight excluding hydrogens is 369 g/mol. The second-order valence-electron chi connectivity index (χ2n) is 6.00. The predicted octanol–water partition coefficient (Wildman–Crippen LogP) is 5.05. The van der Waals surface area contributed by atoms with Gasteiger partial charge in [-0.25, -0.2) is 9.97 Å². The zero-order valence-corrected chi connectivity index (χ0v) is 14.9. The molecule has 2 aromatic carbocycles. The average molecular weight is 386 g/mol. The number of anilines is 3. The highest BCUT2D eigenvalue weighted by molar-refractivity contribution is 6.03. The van der Waals surface area contributed by atoms with Crippen molar-refractivity contribution in [1.82, 2.24) is 9.97 Å². The molecule has 1 aromatic heterocycles. The van der Waals surface area contributed by atoms with Crippen LogP contribution in [0.4, 0.5) is 30.5 Å². The molecule has 0 saturated heterocycles. The van der Waals surface area contributed by atoms with Crippen molar-refractivity contribution in [1.29, 1.82) is 0 Å². The Morgan fingerprint density at radius 1 is 1.00 bits per heavy atom. The fourth-order valence-electron chi connectivity index (χ4n) is 2.44. The third-order valence-electron chi connectivity index (χ3n) is 3.98. The Morgan fingerprint density at radius 3 is 2.29 bits per heavy atom. The summed E-state index contributed by atoms with van der Waals surface area (Å²) in [7, 11) is 0. The van der Waals surface area contributed by atoms with Gasteiger partial charge in [0, 0.05) is 23.8 Å². The molecule has 0 aliphatic carbocycles. The van der Waals surface area contributed by atoms with Crippen LogP contribution in [0.25, 0.3) is 0 Å². The van der Waals surface area contributed by atoms with Gasteiger partial charge >= 0.3 is 6.18 Å². The maximum absolute atomic E-state index is 12.8. The molecular formula is C20H17F3N4O. The van der Waals surface area contributed by atoms with Crippen LogP contribution in [0.5, 0.6) is 0 Å². The number of aryl methyl sites for hydroxylation is 1. The van der Waals surface area contributed by atoms with Gasteiger partial charge in [0.1, 0.15) is 0 Å². The molecule has 28 heavy (non-hydrogen) atoms. The number of hydrogen-bond donors (Lipinski definition) is 2. The van der Waals surface area contributed by atoms with Gasteiger partial charge in [-0.3, -0.25) is 4.79 Å². The molecule has 0 radical (unpaired) electrons. The molecule has 0 aliphatic rings. The van der Waals surface area contributed by atoms with E-state index in [4.69, 9.17) is 0 Å². The van der Waals surface area contributed by atoms with Crippen molar-refractivity contribution in [3.63, 3.8) is 0 Å². The minimum Gasteiger partial charge on any atom is -0.324 e. The van der Waals surface area contributed by atoms with Crippen LogP contribution in [0.2, 0.25) is 0 Å². The number of nitrogens with one attached hydrogen (secondary N) is 2. The molecule has 0 bridgehead atoms. The number of carbonyl (C=O) groups excluding carboxylic acids is 1. The molecule has 144 valence electrons. The maximum Gasteiger partial charge on any atom is 0.416 e. The molecule has 3 rings (SSSR count). The number of hydrogen-bond acceptors (Lipinski definition) is 4. The normalized spacial score (nSPS) is 11.1. The van der Waals surface area contributed by atoms with Crippen LogP contribution in [0, 0.1) is 0 Å². The van der Waals surface area contributed by atoms with E-state index in [1.54, 1.807) is 12.1 Å². The molecule has 0 spiro atoms. The Hall–Kier alpha value is -3.42. The lowest BCUT2D eigenvalue weighted by atomic mass is 10.1. The van der Waals surface area contributed by atoms with Crippen molar-refractivity contribution in [2.24, 2.45) is 0 Å². The maximum atomic E-state index is 12.8. The van der Waals surface area contributed by atoms with Gasteiger partial charge in [-0.2, -0.15) is 13.2 Å². The average Bonchev–Trinajstić information content (AvgIpc) is 2.69. The molecule has 5 nitrogen and oxygen atoms in total. The van der Waals surface area contributed by atoms with Crippen LogP contribution in [-0.2, 0) is 12.6 Å². The summed E-state index contributed by atoms with van der Waals surface area (Å²) in [5.74, 6) is -0.293. The molecule has 2 N–H and O–H groups in total. The second-order valence-corrected chi connectivity index (χ2v) is 6.00. The van der Waals surface area contributed by atoms with Crippen LogP contribution >= 0.6 is 0 Å². The van der Waals surface area contributed by atoms with Crippen molar-refractivity contribution >= 4 is 23.2 Å². The molecule has 0 atom stereocenters. The number of rotatable bonds is 5. The predicted molar refractivity (Wildman–Crippen MR) is 101 cm³/mol. The van der Waals surface area contributed by atoms with Crippen molar-refractivity contribution in [3.8, 4) is 0 Å². The van der Waals surface area contributed by atoms with Gasteiger partial charge in [0.15, 0.2) is 0 Å². The van der Waals surface area contributed by atoms with Gasteiger partial charge in [-0.15, -0.1) is 0 Å². The minimum absolute atomic E-state index is 0.0863. The highest BCUT2D eigenvalue weighted by Gasteiger charge is 2.30. The Bertz CT molecular complexity index is 954. The molecule has 0 aliphatic heterocycles. The Balaban J connectivity index is 1.66. The first-order valence-electron chi connectivity index (χ1n) is 8.52. The summed E-state index contributed by atoms with van der Waals surface area (Å²) in [6.45, 7) is 2.04. The SMILES string of the molecule is CCc1ccc(NC(=O)c2cnc(Nc3cccc(C(F)(F)F)c3)nc2)cc1. The highest BCUT2D eigenvalue weighted by atomic mass is 19.4. The Labute approximate surface area is 159 Å². The lowest BCUT2D eigenvalue weighted by molar-refractivity contribution is -0.137. The van der Waals surface area contributed by atoms with E-state index in [0.29, 0.717) is 5.69 Å². The van der Waals surface area contributed by atoms with Gasteiger partial charge < -0.3 is 10.6 Å². The number of alkyl halides is 3. The summed E-state index contributed by atoms with van der Waals surface area (Å²) in [6.07, 6.45) is -0.921. The van der Waals surface area contributed by atoms with E-state index in [1.807, 2.05) is 19.1 Å². The summed E-state index contributed by atoms with van der Waals surface area (Å²) in [6, 6.07) is 12.2. The van der Waals surface area contributed by atoms with E-state index in [1.165, 1.54) is 24.5 Å². The number of carbonyl (C=O) groups is 1. The van der Waals surface area contributed by atoms with Gasteiger partial charge in [-0.05, 0) is 42.3 Å². The van der Waals surface area contributed by atoms with Crippen LogP contribution in [0.3, 0.4) is 0 Å². The first kappa shape index (κ1) is 19.3. The zero-order valence-electron chi connectivity index (χ0n) is 14.9. The largest absolute Gasteiger partial charge is 0.416 e. The fourth-order valence-corrected chi connectivity index (χ4v) is 2.44. The first-order valence-corrected chi connectivity index (χ1v) is 8.52. The lowest BCUT2D eigenvalue weighted by Crippen LogP contribution is -2.13. The van der Waals surface area contributed by atoms with E-state index in [9.17, 15) is 18.0 Å². The molecule has 0 fully saturated rings. The van der Waals surface area contributed by atoms with Crippen LogP contribution < -0.4 is 10.6 Å². The van der Waals surface area contributed by atoms with Crippen molar-refractivity contribution in [2.45, 2.75) is 19.5 Å². The van der Waals surface area contributed by atoms with E-state index >= 15 is 0 Å². The Morgan fingerprint density at radius 2 is 1.68 bits per heavy atom. The van der Waals surface area contributed by atoms with Gasteiger partial charge in [0.25, 0.3) is 5.91 Å². The van der Waals surface area contributed by atoms with Gasteiger partial charge in [0.05, 0.1) is 11.1 Å². The molecule has 8 heteroatoms. The summed E-state index contributed by atoms with van der Waals surface area (Å²) in [5.41, 5.74) is 1.46. The lowest BCUT2D eigenvalue weighted by Gasteiger charge is -2.10. The number of halogens is 3. The summed E-state index contributed by atoms with van der Waals surface area (Å²) < 4.78 is 38.3. The van der Waals surface area contributed by atoms with Crippen LogP contribution in [-0.4, -0.2) is 15.9 Å². The summed E-state index contributed by atoms with van der Waals surface area (Å²) >= 11 is 0. The van der Waals surface area contributed by atoms with Gasteiger partial charge in [-0.1, -0.05) is 25.1 Å². The molecule has 1 amide bonds. The molecule has 1 heterocycles. The summed E-state index contributed by atoms with van der Waals surface area (Å²) in [5, 5.41) is 5.43. The van der Waals surface area contributed by atoms with Crippen molar-refractivity contribution < 1.29 is 18.0 Å². The number of amides is 1. The quantitative estimate of drug-likeness (QED) is 0.644. The second kappa shape index (κ2) is 8.08. The Kier molecular flexibility index (Phi) is 5.58. The molecule has 0 unspecified atom stereocenters. The standard InChI is InChI=1S/C20H17F3N4O/c1-2-13-6-8-16(9-7-13)26-18(28)14-11-24-19(25-12-14)27-17-5-3-4-15(10-17)20(21,22)23/h3-12H,2H2,1H3,(H,26,28)(H,24,25,27). The molecule has 0 saturated carbocycles. The topological polar surface area (TPSA) is 66.9 Å². The van der Waals surface area contributed by atoms with E-state index in [2.05, 4.69) is 20.6 Å².